The van der Waals surface area contributed by atoms with E-state index in [4.69, 9.17) is 4.74 Å². The van der Waals surface area contributed by atoms with Gasteiger partial charge in [-0.25, -0.2) is 0 Å². The minimum absolute atomic E-state index is 0.0457. The summed E-state index contributed by atoms with van der Waals surface area (Å²) in [4.78, 5) is 14.8. The highest BCUT2D eigenvalue weighted by Crippen LogP contribution is 2.41. The predicted molar refractivity (Wildman–Crippen MR) is 83.6 cm³/mol. The third kappa shape index (κ3) is 2.90. The van der Waals surface area contributed by atoms with Crippen molar-refractivity contribution in [1.82, 2.24) is 14.7 Å². The summed E-state index contributed by atoms with van der Waals surface area (Å²) in [6.07, 6.45) is 6.70. The third-order valence-electron chi connectivity index (χ3n) is 5.86. The Morgan fingerprint density at radius 2 is 1.91 bits per heavy atom. The van der Waals surface area contributed by atoms with Gasteiger partial charge in [0.05, 0.1) is 12.1 Å². The smallest absolute Gasteiger partial charge is 0.225 e. The number of rotatable bonds is 2. The monoisotopic (exact) mass is 319 g/mol. The van der Waals surface area contributed by atoms with Gasteiger partial charge in [0.25, 0.3) is 0 Å². The second-order valence-corrected chi connectivity index (χ2v) is 7.24. The molecule has 1 aromatic rings. The standard InChI is InChI=1S/C17H25N3O3/c21-16-9-14-11-19(17(22)12-2-6-23-7-3-12)10-13(14)8-15(16)20-5-1-4-18-20/h1,4-5,12-16,21H,2-3,6-11H2/t13-,14+,15-,16-/m1/s1. The summed E-state index contributed by atoms with van der Waals surface area (Å²) in [5.41, 5.74) is 0. The molecule has 3 fully saturated rings. The Bertz CT molecular complexity index is 541. The quantitative estimate of drug-likeness (QED) is 0.886. The van der Waals surface area contributed by atoms with Crippen LogP contribution in [0.15, 0.2) is 18.5 Å². The lowest BCUT2D eigenvalue weighted by Crippen LogP contribution is -2.37. The van der Waals surface area contributed by atoms with Gasteiger partial charge in [-0.15, -0.1) is 0 Å². The largest absolute Gasteiger partial charge is 0.391 e. The van der Waals surface area contributed by atoms with Gasteiger partial charge in [-0.1, -0.05) is 0 Å². The van der Waals surface area contributed by atoms with Crippen LogP contribution in [0.1, 0.15) is 31.7 Å². The number of nitrogens with zero attached hydrogens (tertiary/aromatic N) is 3. The zero-order valence-corrected chi connectivity index (χ0v) is 13.4. The van der Waals surface area contributed by atoms with Gasteiger partial charge in [0.2, 0.25) is 5.91 Å². The van der Waals surface area contributed by atoms with E-state index in [1.165, 1.54) is 0 Å². The zero-order chi connectivity index (χ0) is 15.8. The Hall–Kier alpha value is -1.40. The van der Waals surface area contributed by atoms with Crippen LogP contribution >= 0.6 is 0 Å². The first-order valence-electron chi connectivity index (χ1n) is 8.76. The Labute approximate surface area is 136 Å². The summed E-state index contributed by atoms with van der Waals surface area (Å²) in [5, 5.41) is 14.8. The number of hydrogen-bond donors (Lipinski definition) is 1. The molecule has 1 amide bonds. The minimum Gasteiger partial charge on any atom is -0.391 e. The number of aliphatic hydroxyl groups excluding tert-OH is 1. The molecular formula is C17H25N3O3. The third-order valence-corrected chi connectivity index (χ3v) is 5.86. The van der Waals surface area contributed by atoms with Gasteiger partial charge in [-0.3, -0.25) is 9.48 Å². The lowest BCUT2D eigenvalue weighted by molar-refractivity contribution is -0.137. The maximum Gasteiger partial charge on any atom is 0.225 e. The van der Waals surface area contributed by atoms with Crippen molar-refractivity contribution in [2.75, 3.05) is 26.3 Å². The second-order valence-electron chi connectivity index (χ2n) is 7.24. The van der Waals surface area contributed by atoms with Gasteiger partial charge in [0, 0.05) is 44.6 Å². The molecule has 0 bridgehead atoms. The SMILES string of the molecule is O=C(C1CCOCC1)N1C[C@H]2C[C@@H](n3cccn3)[C@H](O)C[C@H]2C1. The van der Waals surface area contributed by atoms with Gasteiger partial charge in [0.1, 0.15) is 0 Å². The van der Waals surface area contributed by atoms with Crippen LogP contribution in [0.5, 0.6) is 0 Å². The number of ether oxygens (including phenoxy) is 1. The molecular weight excluding hydrogens is 294 g/mol. The fourth-order valence-corrected chi connectivity index (χ4v) is 4.55. The van der Waals surface area contributed by atoms with Crippen LogP contribution in [0.4, 0.5) is 0 Å². The minimum atomic E-state index is -0.366. The van der Waals surface area contributed by atoms with Crippen LogP contribution in [0.25, 0.3) is 0 Å². The summed E-state index contributed by atoms with van der Waals surface area (Å²) >= 11 is 0. The number of aromatic nitrogens is 2. The van der Waals surface area contributed by atoms with Gasteiger partial charge < -0.3 is 14.7 Å². The lowest BCUT2D eigenvalue weighted by atomic mass is 9.77. The van der Waals surface area contributed by atoms with E-state index in [0.717, 1.165) is 38.8 Å². The Kier molecular flexibility index (Phi) is 4.11. The molecule has 6 heteroatoms. The highest BCUT2D eigenvalue weighted by Gasteiger charge is 2.44. The molecule has 2 aliphatic heterocycles. The van der Waals surface area contributed by atoms with Gasteiger partial charge in [-0.05, 0) is 43.6 Å². The van der Waals surface area contributed by atoms with E-state index in [1.807, 2.05) is 21.8 Å². The summed E-state index contributed by atoms with van der Waals surface area (Å²) in [6.45, 7) is 3.06. The molecule has 3 aliphatic rings. The highest BCUT2D eigenvalue weighted by atomic mass is 16.5. The molecule has 1 N–H and O–H groups in total. The molecule has 2 saturated heterocycles. The van der Waals surface area contributed by atoms with Crippen LogP contribution in [-0.4, -0.2) is 58.1 Å². The average molecular weight is 319 g/mol. The van der Waals surface area contributed by atoms with E-state index >= 15 is 0 Å². The van der Waals surface area contributed by atoms with Crippen LogP contribution in [0, 0.1) is 17.8 Å². The van der Waals surface area contributed by atoms with E-state index in [0.29, 0.717) is 31.0 Å². The van der Waals surface area contributed by atoms with Crippen molar-refractivity contribution in [1.29, 1.82) is 0 Å². The number of aliphatic hydroxyl groups is 1. The molecule has 0 spiro atoms. The maximum absolute atomic E-state index is 12.7. The number of carbonyl (C=O) groups excluding carboxylic acids is 1. The molecule has 3 heterocycles. The first-order chi connectivity index (χ1) is 11.2. The molecule has 6 nitrogen and oxygen atoms in total. The molecule has 4 rings (SSSR count). The Balaban J connectivity index is 1.42. The van der Waals surface area contributed by atoms with E-state index in [2.05, 4.69) is 5.10 Å². The Morgan fingerprint density at radius 1 is 1.17 bits per heavy atom. The molecule has 23 heavy (non-hydrogen) atoms. The van der Waals surface area contributed by atoms with Crippen LogP contribution < -0.4 is 0 Å². The van der Waals surface area contributed by atoms with Crippen LogP contribution in [0.2, 0.25) is 0 Å². The molecule has 0 aromatic carbocycles. The van der Waals surface area contributed by atoms with Crippen LogP contribution in [0.3, 0.4) is 0 Å². The first kappa shape index (κ1) is 15.1. The summed E-state index contributed by atoms with van der Waals surface area (Å²) in [5.74, 6) is 1.35. The van der Waals surface area contributed by atoms with Crippen molar-refractivity contribution in [3.05, 3.63) is 18.5 Å². The predicted octanol–water partition coefficient (Wildman–Crippen LogP) is 1.08. The van der Waals surface area contributed by atoms with Crippen molar-refractivity contribution < 1.29 is 14.6 Å². The fourth-order valence-electron chi connectivity index (χ4n) is 4.55. The van der Waals surface area contributed by atoms with E-state index < -0.39 is 0 Å². The number of fused-ring (bicyclic) bond motifs is 1. The normalized spacial score (nSPS) is 35.3. The summed E-state index contributed by atoms with van der Waals surface area (Å²) in [6, 6.07) is 1.94. The lowest BCUT2D eigenvalue weighted by Gasteiger charge is -2.35. The summed E-state index contributed by atoms with van der Waals surface area (Å²) in [7, 11) is 0. The molecule has 1 aliphatic carbocycles. The van der Waals surface area contributed by atoms with Crippen molar-refractivity contribution in [3.8, 4) is 0 Å². The van der Waals surface area contributed by atoms with E-state index in [-0.39, 0.29) is 18.1 Å². The number of carbonyl (C=O) groups is 1. The van der Waals surface area contributed by atoms with Crippen molar-refractivity contribution in [3.63, 3.8) is 0 Å². The molecule has 1 saturated carbocycles. The van der Waals surface area contributed by atoms with Gasteiger partial charge >= 0.3 is 0 Å². The summed E-state index contributed by atoms with van der Waals surface area (Å²) < 4.78 is 7.24. The number of amides is 1. The zero-order valence-electron chi connectivity index (χ0n) is 13.4. The van der Waals surface area contributed by atoms with Crippen molar-refractivity contribution in [2.24, 2.45) is 17.8 Å². The van der Waals surface area contributed by atoms with Gasteiger partial charge in [-0.2, -0.15) is 5.10 Å². The topological polar surface area (TPSA) is 67.6 Å². The average Bonchev–Trinajstić information content (AvgIpc) is 3.23. The van der Waals surface area contributed by atoms with E-state index in [1.54, 1.807) is 6.20 Å². The molecule has 126 valence electrons. The van der Waals surface area contributed by atoms with Crippen molar-refractivity contribution in [2.45, 2.75) is 37.8 Å². The number of likely N-dealkylation sites (tertiary alicyclic amines) is 1. The second kappa shape index (κ2) is 6.24. The number of hydrogen-bond acceptors (Lipinski definition) is 4. The fraction of sp³-hybridized carbons (Fsp3) is 0.765. The first-order valence-corrected chi connectivity index (χ1v) is 8.76. The van der Waals surface area contributed by atoms with Crippen molar-refractivity contribution >= 4 is 5.91 Å². The maximum atomic E-state index is 12.7. The molecule has 4 atom stereocenters. The molecule has 1 aromatic heterocycles. The van der Waals surface area contributed by atoms with Gasteiger partial charge in [0.15, 0.2) is 0 Å². The molecule has 0 radical (unpaired) electrons. The highest BCUT2D eigenvalue weighted by molar-refractivity contribution is 5.79. The van der Waals surface area contributed by atoms with Crippen LogP contribution in [-0.2, 0) is 9.53 Å². The van der Waals surface area contributed by atoms with E-state index in [9.17, 15) is 9.90 Å². The molecule has 0 unspecified atom stereocenters. The Morgan fingerprint density at radius 3 is 2.61 bits per heavy atom.